The Morgan fingerprint density at radius 2 is 1.67 bits per heavy atom. The zero-order valence-electron chi connectivity index (χ0n) is 20.1. The van der Waals surface area contributed by atoms with Gasteiger partial charge in [-0.25, -0.2) is 14.3 Å². The summed E-state index contributed by atoms with van der Waals surface area (Å²) < 4.78 is 11.8. The minimum absolute atomic E-state index is 0.138. The van der Waals surface area contributed by atoms with E-state index >= 15 is 0 Å². The van der Waals surface area contributed by atoms with Crippen LogP contribution in [0.25, 0.3) is 16.9 Å². The van der Waals surface area contributed by atoms with Crippen molar-refractivity contribution in [2.45, 2.75) is 20.3 Å². The third-order valence-electron chi connectivity index (χ3n) is 5.41. The monoisotopic (exact) mass is 503 g/mol. The summed E-state index contributed by atoms with van der Waals surface area (Å²) >= 11 is 0.974. The van der Waals surface area contributed by atoms with Crippen LogP contribution in [-0.2, 0) is 9.47 Å². The Morgan fingerprint density at radius 3 is 2.31 bits per heavy atom. The zero-order chi connectivity index (χ0) is 25.7. The van der Waals surface area contributed by atoms with Crippen molar-refractivity contribution in [1.29, 1.82) is 0 Å². The van der Waals surface area contributed by atoms with Crippen LogP contribution in [0.1, 0.15) is 49.3 Å². The van der Waals surface area contributed by atoms with Gasteiger partial charge in [0.2, 0.25) is 0 Å². The van der Waals surface area contributed by atoms with E-state index in [-0.39, 0.29) is 22.0 Å². The van der Waals surface area contributed by atoms with E-state index < -0.39 is 17.8 Å². The second-order valence-electron chi connectivity index (χ2n) is 7.88. The summed E-state index contributed by atoms with van der Waals surface area (Å²) in [7, 11) is 1.26. The highest BCUT2D eigenvalue weighted by molar-refractivity contribution is 7.18. The number of thiophene rings is 1. The molecule has 0 aliphatic heterocycles. The highest BCUT2D eigenvalue weighted by Gasteiger charge is 2.28. The molecule has 0 atom stereocenters. The molecule has 2 heterocycles. The summed E-state index contributed by atoms with van der Waals surface area (Å²) in [6, 6.07) is 18.8. The normalized spacial score (nSPS) is 10.6. The van der Waals surface area contributed by atoms with Crippen molar-refractivity contribution >= 4 is 34.2 Å². The number of nitrogens with one attached hydrogen (secondary N) is 1. The molecule has 8 nitrogen and oxygen atoms in total. The molecule has 184 valence electrons. The molecule has 0 unspecified atom stereocenters. The van der Waals surface area contributed by atoms with E-state index in [0.717, 1.165) is 22.6 Å². The molecule has 1 amide bonds. The van der Waals surface area contributed by atoms with Gasteiger partial charge in [0.15, 0.2) is 0 Å². The standard InChI is InChI=1S/C27H25N3O5S/c1-4-15-35-26(32)21-17(2)23(27(33)34-3)36-25(21)28-24(31)20-16-30(19-13-9-6-10-14-19)29-22(20)18-11-7-5-8-12-18/h5-14,16H,4,15H2,1-3H3,(H,28,31). The summed E-state index contributed by atoms with van der Waals surface area (Å²) in [5.74, 6) is -1.68. The molecule has 9 heteroatoms. The van der Waals surface area contributed by atoms with E-state index in [0.29, 0.717) is 23.2 Å². The van der Waals surface area contributed by atoms with Gasteiger partial charge < -0.3 is 14.8 Å². The zero-order valence-corrected chi connectivity index (χ0v) is 20.9. The number of methoxy groups -OCH3 is 1. The summed E-state index contributed by atoms with van der Waals surface area (Å²) in [6.45, 7) is 3.73. The van der Waals surface area contributed by atoms with Gasteiger partial charge >= 0.3 is 11.9 Å². The molecule has 0 aliphatic rings. The van der Waals surface area contributed by atoms with Crippen LogP contribution in [0, 0.1) is 6.92 Å². The molecule has 0 spiro atoms. The van der Waals surface area contributed by atoms with Gasteiger partial charge in [0, 0.05) is 11.8 Å². The Labute approximate surface area is 212 Å². The number of hydrogen-bond donors (Lipinski definition) is 1. The number of para-hydroxylation sites is 1. The summed E-state index contributed by atoms with van der Waals surface area (Å²) in [4.78, 5) is 38.9. The van der Waals surface area contributed by atoms with Crippen LogP contribution >= 0.6 is 11.3 Å². The topological polar surface area (TPSA) is 99.5 Å². The number of ether oxygens (including phenoxy) is 2. The SMILES string of the molecule is CCCOC(=O)c1c(NC(=O)c2cn(-c3ccccc3)nc2-c2ccccc2)sc(C(=O)OC)c1C. The lowest BCUT2D eigenvalue weighted by molar-refractivity contribution is 0.0506. The average Bonchev–Trinajstić information content (AvgIpc) is 3.50. The van der Waals surface area contributed by atoms with Crippen molar-refractivity contribution in [3.63, 3.8) is 0 Å². The second-order valence-corrected chi connectivity index (χ2v) is 8.90. The predicted octanol–water partition coefficient (Wildman–Crippen LogP) is 5.51. The Bertz CT molecular complexity index is 1390. The molecule has 4 rings (SSSR count). The number of esters is 2. The maximum Gasteiger partial charge on any atom is 0.348 e. The number of benzene rings is 2. The van der Waals surface area contributed by atoms with Crippen LogP contribution < -0.4 is 5.32 Å². The van der Waals surface area contributed by atoms with Gasteiger partial charge in [0.25, 0.3) is 5.91 Å². The number of nitrogens with zero attached hydrogens (tertiary/aromatic N) is 2. The molecule has 0 radical (unpaired) electrons. The number of rotatable bonds is 8. The average molecular weight is 504 g/mol. The summed E-state index contributed by atoms with van der Waals surface area (Å²) in [5, 5.41) is 7.70. The first-order chi connectivity index (χ1) is 17.4. The number of hydrogen-bond acceptors (Lipinski definition) is 7. The second kappa shape index (κ2) is 11.0. The van der Waals surface area contributed by atoms with Gasteiger partial charge in [-0.15, -0.1) is 11.3 Å². The Kier molecular flexibility index (Phi) is 7.60. The largest absolute Gasteiger partial charge is 0.465 e. The Morgan fingerprint density at radius 1 is 1.00 bits per heavy atom. The first-order valence-corrected chi connectivity index (χ1v) is 12.2. The molecule has 0 saturated heterocycles. The predicted molar refractivity (Wildman–Crippen MR) is 138 cm³/mol. The minimum Gasteiger partial charge on any atom is -0.465 e. The van der Waals surface area contributed by atoms with E-state index in [2.05, 4.69) is 10.4 Å². The highest BCUT2D eigenvalue weighted by atomic mass is 32.1. The third-order valence-corrected chi connectivity index (χ3v) is 6.60. The van der Waals surface area contributed by atoms with Crippen molar-refractivity contribution < 1.29 is 23.9 Å². The number of aromatic nitrogens is 2. The van der Waals surface area contributed by atoms with Crippen LogP contribution in [-0.4, -0.2) is 41.3 Å². The van der Waals surface area contributed by atoms with E-state index in [1.165, 1.54) is 7.11 Å². The van der Waals surface area contributed by atoms with Gasteiger partial charge in [-0.1, -0.05) is 55.5 Å². The van der Waals surface area contributed by atoms with E-state index in [1.54, 1.807) is 17.8 Å². The van der Waals surface area contributed by atoms with Crippen LogP contribution in [0.15, 0.2) is 66.9 Å². The van der Waals surface area contributed by atoms with Crippen LogP contribution in [0.5, 0.6) is 0 Å². The van der Waals surface area contributed by atoms with Crippen LogP contribution in [0.2, 0.25) is 0 Å². The molecule has 0 bridgehead atoms. The van der Waals surface area contributed by atoms with Crippen LogP contribution in [0.4, 0.5) is 5.00 Å². The fourth-order valence-corrected chi connectivity index (χ4v) is 4.74. The molecule has 2 aromatic carbocycles. The molecule has 0 aliphatic carbocycles. The number of carbonyl (C=O) groups is 3. The molecule has 2 aromatic heterocycles. The summed E-state index contributed by atoms with van der Waals surface area (Å²) in [5.41, 5.74) is 2.87. The summed E-state index contributed by atoms with van der Waals surface area (Å²) in [6.07, 6.45) is 2.28. The van der Waals surface area contributed by atoms with Gasteiger partial charge in [-0.3, -0.25) is 4.79 Å². The van der Waals surface area contributed by atoms with Gasteiger partial charge in [-0.2, -0.15) is 5.10 Å². The van der Waals surface area contributed by atoms with Gasteiger partial charge in [-0.05, 0) is 31.0 Å². The molecular formula is C27H25N3O5S. The minimum atomic E-state index is -0.612. The van der Waals surface area contributed by atoms with Crippen molar-refractivity contribution in [3.8, 4) is 16.9 Å². The van der Waals surface area contributed by atoms with Crippen molar-refractivity contribution in [1.82, 2.24) is 9.78 Å². The van der Waals surface area contributed by atoms with Crippen molar-refractivity contribution in [3.05, 3.63) is 88.4 Å². The third kappa shape index (κ3) is 5.06. The maximum atomic E-state index is 13.6. The molecule has 36 heavy (non-hydrogen) atoms. The molecule has 0 fully saturated rings. The van der Waals surface area contributed by atoms with Crippen LogP contribution in [0.3, 0.4) is 0 Å². The lowest BCUT2D eigenvalue weighted by Crippen LogP contribution is -2.15. The van der Waals surface area contributed by atoms with E-state index in [9.17, 15) is 14.4 Å². The van der Waals surface area contributed by atoms with Gasteiger partial charge in [0.1, 0.15) is 15.6 Å². The van der Waals surface area contributed by atoms with E-state index in [4.69, 9.17) is 9.47 Å². The molecule has 0 saturated carbocycles. The van der Waals surface area contributed by atoms with Gasteiger partial charge in [0.05, 0.1) is 30.5 Å². The van der Waals surface area contributed by atoms with E-state index in [1.807, 2.05) is 67.6 Å². The highest BCUT2D eigenvalue weighted by Crippen LogP contribution is 2.35. The number of amides is 1. The maximum absolute atomic E-state index is 13.6. The van der Waals surface area contributed by atoms with Crippen molar-refractivity contribution in [2.24, 2.45) is 0 Å². The smallest absolute Gasteiger partial charge is 0.348 e. The number of carbonyl (C=O) groups excluding carboxylic acids is 3. The molecular weight excluding hydrogens is 478 g/mol. The fourth-order valence-electron chi connectivity index (χ4n) is 3.63. The molecule has 4 aromatic rings. The Balaban J connectivity index is 1.77. The lowest BCUT2D eigenvalue weighted by Gasteiger charge is -2.08. The molecule has 1 N–H and O–H groups in total. The first kappa shape index (κ1) is 24.9. The number of anilines is 1. The fraction of sp³-hybridized carbons (Fsp3) is 0.185. The van der Waals surface area contributed by atoms with Crippen molar-refractivity contribution in [2.75, 3.05) is 19.0 Å². The lowest BCUT2D eigenvalue weighted by atomic mass is 10.1. The quantitative estimate of drug-likeness (QED) is 0.318. The first-order valence-electron chi connectivity index (χ1n) is 11.3. The Hall–Kier alpha value is -4.24.